The van der Waals surface area contributed by atoms with Crippen molar-refractivity contribution in [2.45, 2.75) is 39.7 Å². The number of nitrogens with one attached hydrogen (secondary N) is 1. The monoisotopic (exact) mass is 405 g/mol. The van der Waals surface area contributed by atoms with E-state index in [-0.39, 0.29) is 12.5 Å². The molecule has 1 spiro atoms. The van der Waals surface area contributed by atoms with E-state index < -0.39 is 11.7 Å². The van der Waals surface area contributed by atoms with E-state index >= 15 is 0 Å². The molecule has 0 bridgehead atoms. The number of benzene rings is 1. The molecule has 1 aromatic carbocycles. The van der Waals surface area contributed by atoms with Gasteiger partial charge in [-0.25, -0.2) is 4.79 Å². The zero-order valence-electron chi connectivity index (χ0n) is 16.8. The van der Waals surface area contributed by atoms with Crippen LogP contribution in [0.2, 0.25) is 0 Å². The van der Waals surface area contributed by atoms with E-state index in [1.54, 1.807) is 11.8 Å². The minimum atomic E-state index is -0.803. The fourth-order valence-corrected chi connectivity index (χ4v) is 5.25. The number of rotatable bonds is 6. The molecule has 1 atom stereocenters. The van der Waals surface area contributed by atoms with Crippen molar-refractivity contribution >= 4 is 29.4 Å². The van der Waals surface area contributed by atoms with Crippen molar-refractivity contribution in [3.8, 4) is 0 Å². The van der Waals surface area contributed by atoms with Crippen molar-refractivity contribution in [2.75, 3.05) is 31.3 Å². The molecular formula is C21H27NO5S. The van der Waals surface area contributed by atoms with E-state index in [2.05, 4.69) is 5.32 Å². The largest absolute Gasteiger partial charge is 0.513 e. The minimum absolute atomic E-state index is 0.112. The number of ether oxygens (including phenoxy) is 3. The molecule has 1 amide bonds. The van der Waals surface area contributed by atoms with Gasteiger partial charge in [-0.15, -0.1) is 0 Å². The molecule has 2 aliphatic heterocycles. The van der Waals surface area contributed by atoms with Crippen LogP contribution in [-0.4, -0.2) is 48.9 Å². The summed E-state index contributed by atoms with van der Waals surface area (Å²) in [6, 6.07) is 4.07. The molecule has 0 radical (unpaired) electrons. The maximum absolute atomic E-state index is 13.0. The van der Waals surface area contributed by atoms with Crippen LogP contribution in [0.15, 0.2) is 17.9 Å². The predicted molar refractivity (Wildman–Crippen MR) is 109 cm³/mol. The van der Waals surface area contributed by atoms with Gasteiger partial charge >= 0.3 is 6.16 Å². The Labute approximate surface area is 170 Å². The molecule has 2 heterocycles. The third-order valence-electron chi connectivity index (χ3n) is 5.03. The van der Waals surface area contributed by atoms with Gasteiger partial charge in [0.2, 0.25) is 0 Å². The first kappa shape index (κ1) is 20.7. The van der Waals surface area contributed by atoms with Crippen molar-refractivity contribution in [1.29, 1.82) is 0 Å². The Balaban J connectivity index is 1.98. The lowest BCUT2D eigenvalue weighted by Gasteiger charge is -2.25. The van der Waals surface area contributed by atoms with Gasteiger partial charge in [-0.1, -0.05) is 17.7 Å². The van der Waals surface area contributed by atoms with E-state index in [9.17, 15) is 9.59 Å². The number of carbonyl (C=O) groups excluding carboxylic acids is 2. The zero-order valence-corrected chi connectivity index (χ0v) is 17.7. The van der Waals surface area contributed by atoms with Gasteiger partial charge in [-0.05, 0) is 56.6 Å². The molecule has 1 unspecified atom stereocenters. The molecule has 2 aliphatic rings. The molecule has 0 saturated carbocycles. The number of aryl methyl sites for hydroxylation is 3. The Morgan fingerprint density at radius 2 is 1.93 bits per heavy atom. The van der Waals surface area contributed by atoms with Crippen LogP contribution in [0.25, 0.3) is 5.57 Å². The number of thioether (sulfide) groups is 1. The molecule has 3 rings (SSSR count). The second-order valence-corrected chi connectivity index (χ2v) is 8.32. The van der Waals surface area contributed by atoms with E-state index in [4.69, 9.17) is 14.2 Å². The van der Waals surface area contributed by atoms with Crippen LogP contribution in [0.1, 0.15) is 35.6 Å². The topological polar surface area (TPSA) is 73.9 Å². The first-order valence-corrected chi connectivity index (χ1v) is 10.7. The summed E-state index contributed by atoms with van der Waals surface area (Å²) in [7, 11) is 0. The van der Waals surface area contributed by atoms with Gasteiger partial charge in [0.1, 0.15) is 12.1 Å². The lowest BCUT2D eigenvalue weighted by Crippen LogP contribution is -2.45. The SMILES string of the molecule is CCOCCOC(=O)OC1=C(c2c(C)cc(C)cc2C)C(=O)NC12CCSC2. The van der Waals surface area contributed by atoms with Crippen molar-refractivity contribution < 1.29 is 23.8 Å². The van der Waals surface area contributed by atoms with E-state index in [0.717, 1.165) is 34.4 Å². The average Bonchev–Trinajstić information content (AvgIpc) is 3.18. The number of hydrogen-bond donors (Lipinski definition) is 1. The molecule has 1 aromatic rings. The summed E-state index contributed by atoms with van der Waals surface area (Å²) in [5, 5.41) is 3.09. The first-order valence-electron chi connectivity index (χ1n) is 9.53. The first-order chi connectivity index (χ1) is 13.4. The molecule has 1 fully saturated rings. The van der Waals surface area contributed by atoms with Crippen molar-refractivity contribution in [3.63, 3.8) is 0 Å². The molecule has 152 valence electrons. The highest BCUT2D eigenvalue weighted by Gasteiger charge is 2.50. The summed E-state index contributed by atoms with van der Waals surface area (Å²) >= 11 is 1.73. The van der Waals surface area contributed by atoms with Gasteiger partial charge in [0, 0.05) is 12.4 Å². The zero-order chi connectivity index (χ0) is 20.3. The third-order valence-corrected chi connectivity index (χ3v) is 6.22. The number of hydrogen-bond acceptors (Lipinski definition) is 6. The molecular weight excluding hydrogens is 378 g/mol. The Morgan fingerprint density at radius 1 is 1.21 bits per heavy atom. The highest BCUT2D eigenvalue weighted by molar-refractivity contribution is 7.99. The molecule has 7 heteroatoms. The van der Waals surface area contributed by atoms with Crippen LogP contribution in [0.4, 0.5) is 4.79 Å². The van der Waals surface area contributed by atoms with Crippen molar-refractivity contribution in [1.82, 2.24) is 5.32 Å². The quantitative estimate of drug-likeness (QED) is 0.577. The van der Waals surface area contributed by atoms with Crippen LogP contribution < -0.4 is 5.32 Å². The van der Waals surface area contributed by atoms with Gasteiger partial charge in [0.05, 0.1) is 12.2 Å². The molecule has 1 N–H and O–H groups in total. The molecule has 1 saturated heterocycles. The third kappa shape index (κ3) is 4.05. The van der Waals surface area contributed by atoms with Gasteiger partial charge in [0.15, 0.2) is 5.76 Å². The summed E-state index contributed by atoms with van der Waals surface area (Å²) in [6.45, 7) is 8.82. The average molecular weight is 406 g/mol. The number of amides is 1. The second kappa shape index (κ2) is 8.57. The normalized spacial score (nSPS) is 21.4. The van der Waals surface area contributed by atoms with Gasteiger partial charge < -0.3 is 19.5 Å². The molecule has 0 aromatic heterocycles. The summed E-state index contributed by atoms with van der Waals surface area (Å²) in [4.78, 5) is 25.3. The molecule has 28 heavy (non-hydrogen) atoms. The Hall–Kier alpha value is -1.99. The maximum Gasteiger partial charge on any atom is 0.513 e. The predicted octanol–water partition coefficient (Wildman–Crippen LogP) is 3.52. The Morgan fingerprint density at radius 3 is 2.54 bits per heavy atom. The van der Waals surface area contributed by atoms with Crippen LogP contribution in [-0.2, 0) is 19.0 Å². The fourth-order valence-electron chi connectivity index (χ4n) is 3.91. The van der Waals surface area contributed by atoms with Crippen molar-refractivity contribution in [2.24, 2.45) is 0 Å². The lowest BCUT2D eigenvalue weighted by atomic mass is 9.90. The maximum atomic E-state index is 13.0. The summed E-state index contributed by atoms with van der Waals surface area (Å²) < 4.78 is 16.0. The van der Waals surface area contributed by atoms with Gasteiger partial charge in [-0.2, -0.15) is 11.8 Å². The van der Waals surface area contributed by atoms with E-state index in [1.165, 1.54) is 0 Å². The van der Waals surface area contributed by atoms with Crippen molar-refractivity contribution in [3.05, 3.63) is 40.1 Å². The summed E-state index contributed by atoms with van der Waals surface area (Å²) in [5.41, 5.74) is 3.71. The van der Waals surface area contributed by atoms with Crippen LogP contribution in [0.3, 0.4) is 0 Å². The second-order valence-electron chi connectivity index (χ2n) is 7.21. The van der Waals surface area contributed by atoms with Crippen LogP contribution in [0, 0.1) is 20.8 Å². The number of carbonyl (C=O) groups is 2. The van der Waals surface area contributed by atoms with E-state index in [0.29, 0.717) is 30.3 Å². The van der Waals surface area contributed by atoms with Gasteiger partial charge in [0.25, 0.3) is 5.91 Å². The lowest BCUT2D eigenvalue weighted by molar-refractivity contribution is -0.116. The highest BCUT2D eigenvalue weighted by atomic mass is 32.2. The smallest absolute Gasteiger partial charge is 0.432 e. The van der Waals surface area contributed by atoms with Crippen LogP contribution >= 0.6 is 11.8 Å². The van der Waals surface area contributed by atoms with E-state index in [1.807, 2.05) is 39.8 Å². The molecule has 6 nitrogen and oxygen atoms in total. The standard InChI is InChI=1S/C21H27NO5S/c1-5-25-7-8-26-20(24)27-18-17(16-14(3)10-13(2)11-15(16)4)19(23)22-21(18)6-9-28-12-21/h10-11H,5-9,12H2,1-4H3,(H,22,23). The summed E-state index contributed by atoms with van der Waals surface area (Å²) in [5.74, 6) is 1.76. The van der Waals surface area contributed by atoms with Gasteiger partial charge in [-0.3, -0.25) is 4.79 Å². The highest BCUT2D eigenvalue weighted by Crippen LogP contribution is 2.44. The van der Waals surface area contributed by atoms with Crippen LogP contribution in [0.5, 0.6) is 0 Å². The fraction of sp³-hybridized carbons (Fsp3) is 0.524. The molecule has 0 aliphatic carbocycles. The minimum Gasteiger partial charge on any atom is -0.432 e. The Bertz CT molecular complexity index is 788. The summed E-state index contributed by atoms with van der Waals surface area (Å²) in [6.07, 6.45) is -0.0827. The Kier molecular flexibility index (Phi) is 6.35.